The van der Waals surface area contributed by atoms with E-state index in [9.17, 15) is 24.0 Å². The van der Waals surface area contributed by atoms with Crippen LogP contribution in [0, 0.1) is 5.41 Å². The van der Waals surface area contributed by atoms with Crippen LogP contribution in [0.15, 0.2) is 0 Å². The molecule has 0 amide bonds. The molecule has 0 aromatic heterocycles. The van der Waals surface area contributed by atoms with Crippen LogP contribution in [-0.2, 0) is 24.0 Å². The summed E-state index contributed by atoms with van der Waals surface area (Å²) >= 11 is 0. The molecule has 0 aliphatic carbocycles. The number of carboxylic acids is 5. The summed E-state index contributed by atoms with van der Waals surface area (Å²) in [7, 11) is 0. The molecule has 0 rings (SSSR count). The summed E-state index contributed by atoms with van der Waals surface area (Å²) in [5, 5.41) is 45.2. The molecule has 0 fully saturated rings. The third-order valence-electron chi connectivity index (χ3n) is 3.96. The molecule has 12 nitrogen and oxygen atoms in total. The van der Waals surface area contributed by atoms with E-state index in [1.165, 1.54) is 0 Å². The van der Waals surface area contributed by atoms with E-state index in [4.69, 9.17) is 37.0 Å². The smallest absolute Gasteiger partial charge is 0.305 e. The van der Waals surface area contributed by atoms with Gasteiger partial charge in [0.15, 0.2) is 0 Å². The molecule has 0 bridgehead atoms. The first kappa shape index (κ1) is 22.3. The average Bonchev–Trinajstić information content (AvgIpc) is 2.33. The molecule has 0 radical (unpaired) electrons. The fourth-order valence-electron chi connectivity index (χ4n) is 2.92. The maximum Gasteiger partial charge on any atom is 0.305 e. The van der Waals surface area contributed by atoms with Crippen LogP contribution in [0.3, 0.4) is 0 Å². The van der Waals surface area contributed by atoms with Crippen molar-refractivity contribution in [3.63, 3.8) is 0 Å². The molecule has 0 spiro atoms. The Morgan fingerprint density at radius 1 is 0.680 bits per heavy atom. The zero-order valence-corrected chi connectivity index (χ0v) is 13.0. The van der Waals surface area contributed by atoms with Crippen LogP contribution in [0.4, 0.5) is 0 Å². The second kappa shape index (κ2) is 8.39. The highest BCUT2D eigenvalue weighted by Crippen LogP contribution is 2.45. The lowest BCUT2D eigenvalue weighted by Crippen LogP contribution is -2.66. The van der Waals surface area contributed by atoms with Crippen LogP contribution in [0.1, 0.15) is 32.1 Å². The van der Waals surface area contributed by atoms with Gasteiger partial charge in [-0.1, -0.05) is 0 Å². The molecule has 1 atom stereocenters. The van der Waals surface area contributed by atoms with Gasteiger partial charge in [-0.2, -0.15) is 0 Å². The monoisotopic (exact) mass is 364 g/mol. The van der Waals surface area contributed by atoms with E-state index in [1.54, 1.807) is 0 Å². The van der Waals surface area contributed by atoms with E-state index in [2.05, 4.69) is 0 Å². The fraction of sp³-hybridized carbons (Fsp3) is 0.615. The van der Waals surface area contributed by atoms with Crippen molar-refractivity contribution < 1.29 is 49.5 Å². The molecule has 0 aliphatic rings. The summed E-state index contributed by atoms with van der Waals surface area (Å²) < 4.78 is 0. The van der Waals surface area contributed by atoms with Gasteiger partial charge in [0.05, 0.1) is 32.1 Å². The van der Waals surface area contributed by atoms with Gasteiger partial charge in [-0.05, 0) is 0 Å². The molecule has 25 heavy (non-hydrogen) atoms. The second-order valence-corrected chi connectivity index (χ2v) is 5.80. The van der Waals surface area contributed by atoms with Crippen molar-refractivity contribution in [1.82, 2.24) is 0 Å². The van der Waals surface area contributed by atoms with Gasteiger partial charge >= 0.3 is 29.8 Å². The molecule has 1 unspecified atom stereocenters. The SMILES string of the molecule is NC(CC(=O)O)C(CC(=O)O)(CC(=O)O)C(N)(CC(=O)O)CC(=O)O. The molecule has 12 heteroatoms. The topological polar surface area (TPSA) is 239 Å². The number of rotatable bonds is 12. The maximum absolute atomic E-state index is 11.3. The second-order valence-electron chi connectivity index (χ2n) is 5.80. The lowest BCUT2D eigenvalue weighted by molar-refractivity contribution is -0.157. The summed E-state index contributed by atoms with van der Waals surface area (Å²) in [6.07, 6.45) is -5.41. The standard InChI is InChI=1S/C13H20N2O10/c14-6(1-7(16)17)12(2-8(18)19,3-9(20)21)13(15,4-10(22)23)5-11(24)25/h6H,1-5,14-15H2,(H,16,17)(H,18,19)(H,20,21)(H,22,23)(H,24,25). The zero-order valence-electron chi connectivity index (χ0n) is 13.0. The molecule has 0 aliphatic heterocycles. The zero-order chi connectivity index (χ0) is 20.0. The minimum Gasteiger partial charge on any atom is -0.481 e. The number of hydrogen-bond acceptors (Lipinski definition) is 7. The van der Waals surface area contributed by atoms with Crippen molar-refractivity contribution in [3.8, 4) is 0 Å². The quantitative estimate of drug-likeness (QED) is 0.206. The minimum absolute atomic E-state index is 0.932. The van der Waals surface area contributed by atoms with Gasteiger partial charge in [0, 0.05) is 17.0 Å². The number of hydrogen-bond donors (Lipinski definition) is 7. The average molecular weight is 364 g/mol. The van der Waals surface area contributed by atoms with Crippen molar-refractivity contribution in [2.24, 2.45) is 16.9 Å². The highest BCUT2D eigenvalue weighted by atomic mass is 16.4. The Hall–Kier alpha value is -2.73. The van der Waals surface area contributed by atoms with Gasteiger partial charge in [0.1, 0.15) is 0 Å². The number of nitrogens with two attached hydrogens (primary N) is 2. The Kier molecular flexibility index (Phi) is 7.48. The highest BCUT2D eigenvalue weighted by molar-refractivity contribution is 5.78. The van der Waals surface area contributed by atoms with Crippen LogP contribution in [0.25, 0.3) is 0 Å². The molecule has 0 heterocycles. The summed E-state index contributed by atoms with van der Waals surface area (Å²) in [4.78, 5) is 55.7. The van der Waals surface area contributed by atoms with Crippen LogP contribution < -0.4 is 11.5 Å². The summed E-state index contributed by atoms with van der Waals surface area (Å²) in [6, 6.07) is -1.72. The summed E-state index contributed by atoms with van der Waals surface area (Å²) in [5.41, 5.74) is 6.85. The van der Waals surface area contributed by atoms with Crippen LogP contribution in [0.5, 0.6) is 0 Å². The molecule has 0 saturated carbocycles. The van der Waals surface area contributed by atoms with Crippen LogP contribution in [-0.4, -0.2) is 67.0 Å². The van der Waals surface area contributed by atoms with Crippen molar-refractivity contribution in [2.45, 2.75) is 43.7 Å². The van der Waals surface area contributed by atoms with E-state index < -0.39 is 78.9 Å². The minimum atomic E-state index is -2.42. The lowest BCUT2D eigenvalue weighted by atomic mass is 9.58. The Morgan fingerprint density at radius 3 is 1.24 bits per heavy atom. The lowest BCUT2D eigenvalue weighted by Gasteiger charge is -2.49. The number of aliphatic carboxylic acids is 5. The Morgan fingerprint density at radius 2 is 1.00 bits per heavy atom. The maximum atomic E-state index is 11.3. The molecule has 0 saturated heterocycles. The first-order valence-corrected chi connectivity index (χ1v) is 6.89. The fourth-order valence-corrected chi connectivity index (χ4v) is 2.92. The Bertz CT molecular complexity index is 541. The van der Waals surface area contributed by atoms with E-state index >= 15 is 0 Å². The van der Waals surface area contributed by atoms with Gasteiger partial charge in [0.25, 0.3) is 0 Å². The van der Waals surface area contributed by atoms with Gasteiger partial charge in [0.2, 0.25) is 0 Å². The van der Waals surface area contributed by atoms with Crippen LogP contribution in [0.2, 0.25) is 0 Å². The van der Waals surface area contributed by atoms with Crippen molar-refractivity contribution >= 4 is 29.8 Å². The van der Waals surface area contributed by atoms with Gasteiger partial charge in [-0.25, -0.2) is 0 Å². The Balaban J connectivity index is 6.51. The molecule has 0 aromatic carbocycles. The normalized spacial score (nSPS) is 13.0. The summed E-state index contributed by atoms with van der Waals surface area (Å²) in [5.74, 6) is -8.01. The van der Waals surface area contributed by atoms with Crippen molar-refractivity contribution in [1.29, 1.82) is 0 Å². The summed E-state index contributed by atoms with van der Waals surface area (Å²) in [6.45, 7) is 0. The third-order valence-corrected chi connectivity index (χ3v) is 3.96. The van der Waals surface area contributed by atoms with Gasteiger partial charge in [-0.15, -0.1) is 0 Å². The van der Waals surface area contributed by atoms with E-state index in [-0.39, 0.29) is 0 Å². The largest absolute Gasteiger partial charge is 0.481 e. The predicted octanol–water partition coefficient (Wildman–Crippen LogP) is -1.63. The van der Waals surface area contributed by atoms with Gasteiger partial charge < -0.3 is 37.0 Å². The first-order valence-electron chi connectivity index (χ1n) is 6.89. The van der Waals surface area contributed by atoms with Gasteiger partial charge in [-0.3, -0.25) is 24.0 Å². The first-order chi connectivity index (χ1) is 11.3. The highest BCUT2D eigenvalue weighted by Gasteiger charge is 2.57. The van der Waals surface area contributed by atoms with E-state index in [1.807, 2.05) is 0 Å². The molecule has 9 N–H and O–H groups in total. The van der Waals surface area contributed by atoms with Crippen LogP contribution >= 0.6 is 0 Å². The van der Waals surface area contributed by atoms with E-state index in [0.717, 1.165) is 0 Å². The van der Waals surface area contributed by atoms with E-state index in [0.29, 0.717) is 0 Å². The number of carboxylic acid groups (broad SMARTS) is 5. The molecular formula is C13H20N2O10. The Labute approximate surface area is 141 Å². The van der Waals surface area contributed by atoms with Crippen molar-refractivity contribution in [2.75, 3.05) is 0 Å². The molecular weight excluding hydrogens is 344 g/mol. The molecule has 0 aromatic rings. The predicted molar refractivity (Wildman–Crippen MR) is 78.6 cm³/mol. The van der Waals surface area contributed by atoms with Crippen molar-refractivity contribution in [3.05, 3.63) is 0 Å². The number of carbonyl (C=O) groups is 5. The third kappa shape index (κ3) is 6.00. The molecule has 142 valence electrons.